The molecule has 1 atom stereocenters. The van der Waals surface area contributed by atoms with Crippen LogP contribution in [0, 0.1) is 13.8 Å². The van der Waals surface area contributed by atoms with Gasteiger partial charge < -0.3 is 5.73 Å². The number of imide groups is 1. The van der Waals surface area contributed by atoms with E-state index in [-0.39, 0.29) is 24.3 Å². The lowest BCUT2D eigenvalue weighted by molar-refractivity contribution is -0.125. The van der Waals surface area contributed by atoms with Crippen LogP contribution in [0.1, 0.15) is 27.9 Å². The molecule has 1 saturated heterocycles. The molecule has 0 aromatic heterocycles. The van der Waals surface area contributed by atoms with Crippen LogP contribution in [-0.4, -0.2) is 29.3 Å². The summed E-state index contributed by atoms with van der Waals surface area (Å²) in [6.07, 6.45) is 0.261. The van der Waals surface area contributed by atoms with Crippen molar-refractivity contribution in [3.63, 3.8) is 0 Å². The van der Waals surface area contributed by atoms with E-state index in [2.05, 4.69) is 0 Å². The molecule has 1 aromatic rings. The van der Waals surface area contributed by atoms with Crippen molar-refractivity contribution in [2.75, 3.05) is 6.54 Å². The van der Waals surface area contributed by atoms with Crippen molar-refractivity contribution >= 4 is 11.8 Å². The lowest BCUT2D eigenvalue weighted by Crippen LogP contribution is -2.34. The van der Waals surface area contributed by atoms with Crippen molar-refractivity contribution in [2.45, 2.75) is 26.3 Å². The quantitative estimate of drug-likeness (QED) is 0.735. The second kappa shape index (κ2) is 4.30. The van der Waals surface area contributed by atoms with Crippen LogP contribution in [0.25, 0.3) is 0 Å². The smallest absolute Gasteiger partial charge is 0.260 e. The minimum Gasteiger partial charge on any atom is -0.326 e. The van der Waals surface area contributed by atoms with Gasteiger partial charge in [-0.15, -0.1) is 0 Å². The summed E-state index contributed by atoms with van der Waals surface area (Å²) in [5, 5.41) is 0. The number of hydrogen-bond acceptors (Lipinski definition) is 3. The van der Waals surface area contributed by atoms with E-state index in [1.807, 2.05) is 32.0 Å². The monoisotopic (exact) mass is 232 g/mol. The number of hydrogen-bond donors (Lipinski definition) is 1. The fraction of sp³-hybridized carbons (Fsp3) is 0.385. The first-order valence-corrected chi connectivity index (χ1v) is 5.66. The fourth-order valence-electron chi connectivity index (χ4n) is 2.04. The first-order chi connectivity index (χ1) is 7.99. The molecule has 0 aliphatic carbocycles. The van der Waals surface area contributed by atoms with E-state index in [0.29, 0.717) is 12.1 Å². The van der Waals surface area contributed by atoms with Crippen LogP contribution in [-0.2, 0) is 4.79 Å². The number of carbonyl (C=O) groups excluding carboxylic acids is 2. The lowest BCUT2D eigenvalue weighted by atomic mass is 10.0. The van der Waals surface area contributed by atoms with E-state index in [0.717, 1.165) is 11.1 Å². The van der Waals surface area contributed by atoms with Crippen LogP contribution in [0.2, 0.25) is 0 Å². The molecule has 1 aliphatic rings. The van der Waals surface area contributed by atoms with E-state index in [4.69, 9.17) is 5.73 Å². The van der Waals surface area contributed by atoms with E-state index < -0.39 is 0 Å². The number of benzene rings is 1. The SMILES string of the molecule is Cc1ccc(C)c(C(=O)N2CC(N)CC2=O)c1. The summed E-state index contributed by atoms with van der Waals surface area (Å²) in [5.74, 6) is -0.410. The third kappa shape index (κ3) is 2.22. The van der Waals surface area contributed by atoms with Gasteiger partial charge in [0.15, 0.2) is 0 Å². The van der Waals surface area contributed by atoms with Gasteiger partial charge in [-0.3, -0.25) is 14.5 Å². The fourth-order valence-corrected chi connectivity index (χ4v) is 2.04. The Balaban J connectivity index is 2.31. The average molecular weight is 232 g/mol. The van der Waals surface area contributed by atoms with Crippen LogP contribution in [0.3, 0.4) is 0 Å². The molecule has 17 heavy (non-hydrogen) atoms. The number of aryl methyl sites for hydroxylation is 2. The normalized spacial score (nSPS) is 19.8. The standard InChI is InChI=1S/C13H16N2O2/c1-8-3-4-9(2)11(5-8)13(17)15-7-10(14)6-12(15)16/h3-5,10H,6-7,14H2,1-2H3. The Morgan fingerprint density at radius 1 is 1.41 bits per heavy atom. The molecule has 1 unspecified atom stereocenters. The zero-order valence-corrected chi connectivity index (χ0v) is 10.1. The van der Waals surface area contributed by atoms with Crippen molar-refractivity contribution < 1.29 is 9.59 Å². The predicted octanol–water partition coefficient (Wildman–Crippen LogP) is 1.00. The van der Waals surface area contributed by atoms with Gasteiger partial charge in [-0.2, -0.15) is 0 Å². The molecule has 2 N–H and O–H groups in total. The maximum Gasteiger partial charge on any atom is 0.260 e. The zero-order valence-electron chi connectivity index (χ0n) is 10.1. The highest BCUT2D eigenvalue weighted by molar-refractivity contribution is 6.06. The molecule has 1 aliphatic heterocycles. The predicted molar refractivity (Wildman–Crippen MR) is 64.6 cm³/mol. The second-order valence-electron chi connectivity index (χ2n) is 4.59. The highest BCUT2D eigenvalue weighted by Gasteiger charge is 2.32. The van der Waals surface area contributed by atoms with Gasteiger partial charge in [0.1, 0.15) is 0 Å². The molecule has 4 nitrogen and oxygen atoms in total. The first-order valence-electron chi connectivity index (χ1n) is 5.66. The molecule has 0 spiro atoms. The summed E-state index contributed by atoms with van der Waals surface area (Å²) in [6, 6.07) is 5.43. The molecule has 1 aromatic carbocycles. The molecule has 0 radical (unpaired) electrons. The van der Waals surface area contributed by atoms with Gasteiger partial charge in [0.05, 0.1) is 0 Å². The number of nitrogens with zero attached hydrogens (tertiary/aromatic N) is 1. The molecule has 90 valence electrons. The van der Waals surface area contributed by atoms with Gasteiger partial charge in [-0.1, -0.05) is 17.7 Å². The molecule has 1 heterocycles. The van der Waals surface area contributed by atoms with E-state index in [1.165, 1.54) is 4.90 Å². The van der Waals surface area contributed by atoms with Crippen molar-refractivity contribution in [1.82, 2.24) is 4.90 Å². The summed E-state index contributed by atoms with van der Waals surface area (Å²) in [7, 11) is 0. The van der Waals surface area contributed by atoms with Crippen LogP contribution < -0.4 is 5.73 Å². The molecule has 0 saturated carbocycles. The van der Waals surface area contributed by atoms with E-state index in [1.54, 1.807) is 0 Å². The summed E-state index contributed by atoms with van der Waals surface area (Å²) >= 11 is 0. The minimum atomic E-state index is -0.232. The third-order valence-corrected chi connectivity index (χ3v) is 3.02. The van der Waals surface area contributed by atoms with Crippen LogP contribution in [0.5, 0.6) is 0 Å². The van der Waals surface area contributed by atoms with Crippen LogP contribution in [0.4, 0.5) is 0 Å². The molecular weight excluding hydrogens is 216 g/mol. The number of carbonyl (C=O) groups is 2. The Bertz CT molecular complexity index is 482. The number of rotatable bonds is 1. The summed E-state index contributed by atoms with van der Waals surface area (Å²) in [5.41, 5.74) is 8.17. The molecule has 2 amide bonds. The number of likely N-dealkylation sites (tertiary alicyclic amines) is 1. The summed E-state index contributed by atoms with van der Waals surface area (Å²) < 4.78 is 0. The number of nitrogens with two attached hydrogens (primary N) is 1. The summed E-state index contributed by atoms with van der Waals surface area (Å²) in [4.78, 5) is 25.1. The zero-order chi connectivity index (χ0) is 12.6. The highest BCUT2D eigenvalue weighted by Crippen LogP contribution is 2.17. The van der Waals surface area contributed by atoms with Crippen molar-refractivity contribution in [2.24, 2.45) is 5.73 Å². The topological polar surface area (TPSA) is 63.4 Å². The average Bonchev–Trinajstić information content (AvgIpc) is 2.60. The van der Waals surface area contributed by atoms with Gasteiger partial charge in [-0.25, -0.2) is 0 Å². The van der Waals surface area contributed by atoms with Gasteiger partial charge in [0.25, 0.3) is 5.91 Å². The Morgan fingerprint density at radius 2 is 2.12 bits per heavy atom. The Hall–Kier alpha value is -1.68. The van der Waals surface area contributed by atoms with Gasteiger partial charge in [-0.05, 0) is 25.5 Å². The van der Waals surface area contributed by atoms with Crippen molar-refractivity contribution in [1.29, 1.82) is 0 Å². The molecule has 0 bridgehead atoms. The minimum absolute atomic E-state index is 0.177. The van der Waals surface area contributed by atoms with E-state index >= 15 is 0 Å². The Labute approximate surface area is 100 Å². The lowest BCUT2D eigenvalue weighted by Gasteiger charge is -2.15. The third-order valence-electron chi connectivity index (χ3n) is 3.02. The maximum atomic E-state index is 12.2. The molecule has 4 heteroatoms. The highest BCUT2D eigenvalue weighted by atomic mass is 16.2. The van der Waals surface area contributed by atoms with Gasteiger partial charge in [0.2, 0.25) is 5.91 Å². The molecule has 2 rings (SSSR count). The van der Waals surface area contributed by atoms with Crippen LogP contribution >= 0.6 is 0 Å². The summed E-state index contributed by atoms with van der Waals surface area (Å²) in [6.45, 7) is 4.12. The van der Waals surface area contributed by atoms with Gasteiger partial charge >= 0.3 is 0 Å². The van der Waals surface area contributed by atoms with Crippen molar-refractivity contribution in [3.8, 4) is 0 Å². The Morgan fingerprint density at radius 3 is 2.71 bits per heavy atom. The largest absolute Gasteiger partial charge is 0.326 e. The van der Waals surface area contributed by atoms with Crippen LogP contribution in [0.15, 0.2) is 18.2 Å². The maximum absolute atomic E-state index is 12.2. The Kier molecular flexibility index (Phi) is 2.98. The first kappa shape index (κ1) is 11.8. The number of amides is 2. The van der Waals surface area contributed by atoms with E-state index in [9.17, 15) is 9.59 Å². The second-order valence-corrected chi connectivity index (χ2v) is 4.59. The van der Waals surface area contributed by atoms with Crippen molar-refractivity contribution in [3.05, 3.63) is 34.9 Å². The molecular formula is C13H16N2O2. The molecule has 1 fully saturated rings. The van der Waals surface area contributed by atoms with Gasteiger partial charge in [0, 0.05) is 24.6 Å².